The molecular formula is C17H23NO2. The minimum absolute atomic E-state index is 0.103. The maximum atomic E-state index is 12.3. The van der Waals surface area contributed by atoms with Crippen LogP contribution < -0.4 is 5.32 Å². The van der Waals surface area contributed by atoms with E-state index in [2.05, 4.69) is 38.2 Å². The summed E-state index contributed by atoms with van der Waals surface area (Å²) in [6.07, 6.45) is 2.06. The molecule has 1 saturated heterocycles. The van der Waals surface area contributed by atoms with Gasteiger partial charge in [0.1, 0.15) is 0 Å². The van der Waals surface area contributed by atoms with Gasteiger partial charge in [-0.2, -0.15) is 0 Å². The molecule has 2 amide bonds. The molecule has 1 fully saturated rings. The highest BCUT2D eigenvalue weighted by molar-refractivity contribution is 5.99. The SMILES string of the molecule is CCC1(Cc2ccccc2)CC(=O)NC(=O)C1C(C)C. The average molecular weight is 273 g/mol. The number of carbonyl (C=O) groups is 2. The van der Waals surface area contributed by atoms with Crippen molar-refractivity contribution in [3.63, 3.8) is 0 Å². The lowest BCUT2D eigenvalue weighted by Crippen LogP contribution is -2.54. The van der Waals surface area contributed by atoms with E-state index in [9.17, 15) is 9.59 Å². The van der Waals surface area contributed by atoms with Gasteiger partial charge in [0.15, 0.2) is 0 Å². The van der Waals surface area contributed by atoms with Gasteiger partial charge in [0, 0.05) is 12.3 Å². The Hall–Kier alpha value is -1.64. The zero-order chi connectivity index (χ0) is 14.8. The molecule has 2 atom stereocenters. The molecule has 2 unspecified atom stereocenters. The fraction of sp³-hybridized carbons (Fsp3) is 0.529. The van der Waals surface area contributed by atoms with Crippen LogP contribution in [-0.4, -0.2) is 11.8 Å². The van der Waals surface area contributed by atoms with E-state index in [-0.39, 0.29) is 29.1 Å². The van der Waals surface area contributed by atoms with Gasteiger partial charge >= 0.3 is 0 Å². The molecule has 1 N–H and O–H groups in total. The summed E-state index contributed by atoms with van der Waals surface area (Å²) in [5.74, 6) is -0.115. The molecule has 1 heterocycles. The molecule has 0 spiro atoms. The summed E-state index contributed by atoms with van der Waals surface area (Å²) in [5.41, 5.74) is 0.942. The zero-order valence-electron chi connectivity index (χ0n) is 12.5. The predicted molar refractivity (Wildman–Crippen MR) is 79.0 cm³/mol. The number of nitrogens with one attached hydrogen (secondary N) is 1. The van der Waals surface area contributed by atoms with Gasteiger partial charge in [-0.3, -0.25) is 14.9 Å². The topological polar surface area (TPSA) is 46.2 Å². The van der Waals surface area contributed by atoms with Crippen molar-refractivity contribution in [1.29, 1.82) is 0 Å². The Labute approximate surface area is 120 Å². The number of benzene rings is 1. The summed E-state index contributed by atoms with van der Waals surface area (Å²) >= 11 is 0. The molecule has 1 aromatic rings. The van der Waals surface area contributed by atoms with E-state index in [0.717, 1.165) is 12.8 Å². The highest BCUT2D eigenvalue weighted by Gasteiger charge is 2.48. The fourth-order valence-electron chi connectivity index (χ4n) is 3.62. The molecule has 0 bridgehead atoms. The second-order valence-corrected chi connectivity index (χ2v) is 6.19. The zero-order valence-corrected chi connectivity index (χ0v) is 12.5. The van der Waals surface area contributed by atoms with E-state index in [1.54, 1.807) is 0 Å². The number of imide groups is 1. The normalized spacial score (nSPS) is 26.7. The minimum atomic E-state index is -0.255. The van der Waals surface area contributed by atoms with Crippen LogP contribution in [0.4, 0.5) is 0 Å². The number of amides is 2. The summed E-state index contributed by atoms with van der Waals surface area (Å²) in [6, 6.07) is 10.2. The third-order valence-electron chi connectivity index (χ3n) is 4.49. The monoisotopic (exact) mass is 273 g/mol. The minimum Gasteiger partial charge on any atom is -0.296 e. The van der Waals surface area contributed by atoms with Crippen molar-refractivity contribution >= 4 is 11.8 Å². The molecule has 0 saturated carbocycles. The van der Waals surface area contributed by atoms with Gasteiger partial charge in [-0.1, -0.05) is 51.1 Å². The number of hydrogen-bond donors (Lipinski definition) is 1. The van der Waals surface area contributed by atoms with Gasteiger partial charge in [-0.05, 0) is 29.7 Å². The quantitative estimate of drug-likeness (QED) is 0.857. The average Bonchev–Trinajstić information content (AvgIpc) is 2.38. The van der Waals surface area contributed by atoms with Crippen LogP contribution in [0.1, 0.15) is 39.2 Å². The van der Waals surface area contributed by atoms with Crippen LogP contribution in [0.5, 0.6) is 0 Å². The molecule has 108 valence electrons. The molecule has 0 aromatic heterocycles. The van der Waals surface area contributed by atoms with Crippen LogP contribution in [0.15, 0.2) is 30.3 Å². The van der Waals surface area contributed by atoms with Crippen LogP contribution in [0.3, 0.4) is 0 Å². The summed E-state index contributed by atoms with van der Waals surface area (Å²) in [5, 5.41) is 2.51. The van der Waals surface area contributed by atoms with Crippen LogP contribution in [0, 0.1) is 17.3 Å². The molecule has 0 radical (unpaired) electrons. The van der Waals surface area contributed by atoms with Gasteiger partial charge < -0.3 is 0 Å². The Morgan fingerprint density at radius 3 is 2.45 bits per heavy atom. The van der Waals surface area contributed by atoms with E-state index >= 15 is 0 Å². The van der Waals surface area contributed by atoms with Crippen LogP contribution in [-0.2, 0) is 16.0 Å². The Morgan fingerprint density at radius 2 is 1.90 bits per heavy atom. The molecule has 1 aromatic carbocycles. The largest absolute Gasteiger partial charge is 0.296 e. The van der Waals surface area contributed by atoms with Crippen molar-refractivity contribution in [2.75, 3.05) is 0 Å². The molecule has 20 heavy (non-hydrogen) atoms. The summed E-state index contributed by atoms with van der Waals surface area (Å²) in [7, 11) is 0. The van der Waals surface area contributed by atoms with Gasteiger partial charge in [0.05, 0.1) is 0 Å². The number of rotatable bonds is 4. The lowest BCUT2D eigenvalue weighted by Gasteiger charge is -2.44. The van der Waals surface area contributed by atoms with Crippen molar-refractivity contribution in [1.82, 2.24) is 5.32 Å². The first-order valence-electron chi connectivity index (χ1n) is 7.36. The van der Waals surface area contributed by atoms with E-state index in [1.165, 1.54) is 5.56 Å². The molecule has 3 nitrogen and oxygen atoms in total. The number of carbonyl (C=O) groups excluding carboxylic acids is 2. The lowest BCUT2D eigenvalue weighted by molar-refractivity contribution is -0.146. The van der Waals surface area contributed by atoms with E-state index < -0.39 is 0 Å². The Kier molecular flexibility index (Phi) is 4.26. The fourth-order valence-corrected chi connectivity index (χ4v) is 3.62. The number of piperidine rings is 1. The van der Waals surface area contributed by atoms with E-state index in [4.69, 9.17) is 0 Å². The van der Waals surface area contributed by atoms with Crippen LogP contribution in [0.25, 0.3) is 0 Å². The summed E-state index contributed by atoms with van der Waals surface area (Å²) < 4.78 is 0. The van der Waals surface area contributed by atoms with E-state index in [0.29, 0.717) is 6.42 Å². The second kappa shape index (κ2) is 5.78. The van der Waals surface area contributed by atoms with Crippen molar-refractivity contribution < 1.29 is 9.59 Å². The van der Waals surface area contributed by atoms with Crippen molar-refractivity contribution in [3.05, 3.63) is 35.9 Å². The smallest absolute Gasteiger partial charge is 0.230 e. The molecule has 1 aliphatic heterocycles. The van der Waals surface area contributed by atoms with Crippen molar-refractivity contribution in [2.45, 2.75) is 40.0 Å². The van der Waals surface area contributed by atoms with Crippen LogP contribution >= 0.6 is 0 Å². The third-order valence-corrected chi connectivity index (χ3v) is 4.49. The van der Waals surface area contributed by atoms with Gasteiger partial charge in [-0.15, -0.1) is 0 Å². The van der Waals surface area contributed by atoms with Gasteiger partial charge in [0.25, 0.3) is 0 Å². The second-order valence-electron chi connectivity index (χ2n) is 6.19. The summed E-state index contributed by atoms with van der Waals surface area (Å²) in [6.45, 7) is 6.22. The lowest BCUT2D eigenvalue weighted by atomic mass is 9.61. The Bertz CT molecular complexity index is 495. The van der Waals surface area contributed by atoms with Crippen molar-refractivity contribution in [3.8, 4) is 0 Å². The van der Waals surface area contributed by atoms with Crippen molar-refractivity contribution in [2.24, 2.45) is 17.3 Å². The van der Waals surface area contributed by atoms with Crippen LogP contribution in [0.2, 0.25) is 0 Å². The first-order valence-corrected chi connectivity index (χ1v) is 7.36. The van der Waals surface area contributed by atoms with Gasteiger partial charge in [0.2, 0.25) is 11.8 Å². The third kappa shape index (κ3) is 2.77. The van der Waals surface area contributed by atoms with E-state index in [1.807, 2.05) is 18.2 Å². The molecule has 2 rings (SSSR count). The maximum absolute atomic E-state index is 12.3. The Balaban J connectivity index is 2.38. The first-order chi connectivity index (χ1) is 9.48. The van der Waals surface area contributed by atoms with Gasteiger partial charge in [-0.25, -0.2) is 0 Å². The maximum Gasteiger partial charge on any atom is 0.230 e. The highest BCUT2D eigenvalue weighted by Crippen LogP contribution is 2.44. The Morgan fingerprint density at radius 1 is 1.25 bits per heavy atom. The molecule has 1 aliphatic rings. The first kappa shape index (κ1) is 14.8. The predicted octanol–water partition coefficient (Wildman–Crippen LogP) is 2.94. The highest BCUT2D eigenvalue weighted by atomic mass is 16.2. The summed E-state index contributed by atoms with van der Waals surface area (Å²) in [4.78, 5) is 24.2. The number of hydrogen-bond acceptors (Lipinski definition) is 2. The molecular weight excluding hydrogens is 250 g/mol. The standard InChI is InChI=1S/C17H23NO2/c1-4-17(10-13-8-6-5-7-9-13)11-14(19)18-16(20)15(17)12(2)3/h5-9,12,15H,4,10-11H2,1-3H3,(H,18,19,20). The molecule has 3 heteroatoms. The molecule has 0 aliphatic carbocycles.